The van der Waals surface area contributed by atoms with Gasteiger partial charge in [0, 0.05) is 38.7 Å². The molecule has 32 heavy (non-hydrogen) atoms. The minimum absolute atomic E-state index is 0.0979. The van der Waals surface area contributed by atoms with E-state index in [-0.39, 0.29) is 23.0 Å². The number of amides is 1. The number of hydrogen-bond acceptors (Lipinski definition) is 6. The smallest absolute Gasteiger partial charge is 0.258 e. The van der Waals surface area contributed by atoms with Crippen molar-refractivity contribution in [1.82, 2.24) is 9.80 Å². The van der Waals surface area contributed by atoms with Crippen LogP contribution >= 0.6 is 0 Å². The first-order valence-electron chi connectivity index (χ1n) is 10.8. The zero-order valence-corrected chi connectivity index (χ0v) is 19.4. The standard InChI is InChI=1S/C25H31N3O4/c1-6-22(29)24(26-3)20-13-21(23(30)11-16(20)2)25(31)28-14-17-7-8-19(12-18(17)15-28)32-10-9-27(4)5/h7-8,11-13,30H,6,9-10,14-15H2,1-5H3/b26-24+. The Balaban J connectivity index is 1.81. The number of carbonyl (C=O) groups excluding carboxylic acids is 2. The van der Waals surface area contributed by atoms with Gasteiger partial charge < -0.3 is 19.6 Å². The number of likely N-dealkylation sites (N-methyl/N-ethyl adjacent to an activating group) is 1. The number of phenols is 1. The molecule has 1 heterocycles. The minimum atomic E-state index is -0.283. The molecular formula is C25H31N3O4. The van der Waals surface area contributed by atoms with E-state index in [1.54, 1.807) is 31.9 Å². The summed E-state index contributed by atoms with van der Waals surface area (Å²) in [5.41, 5.74) is 3.86. The van der Waals surface area contributed by atoms with Crippen molar-refractivity contribution in [3.63, 3.8) is 0 Å². The van der Waals surface area contributed by atoms with E-state index in [4.69, 9.17) is 4.74 Å². The highest BCUT2D eigenvalue weighted by Crippen LogP contribution is 2.31. The lowest BCUT2D eigenvalue weighted by Gasteiger charge is -2.18. The van der Waals surface area contributed by atoms with Gasteiger partial charge in [-0.05, 0) is 62.0 Å². The van der Waals surface area contributed by atoms with E-state index in [9.17, 15) is 14.7 Å². The fourth-order valence-corrected chi connectivity index (χ4v) is 3.80. The van der Waals surface area contributed by atoms with Crippen molar-refractivity contribution >= 4 is 17.4 Å². The van der Waals surface area contributed by atoms with Gasteiger partial charge in [0.25, 0.3) is 5.91 Å². The van der Waals surface area contributed by atoms with E-state index in [1.807, 2.05) is 32.3 Å². The number of hydrogen-bond donors (Lipinski definition) is 1. The van der Waals surface area contributed by atoms with Crippen LogP contribution in [-0.2, 0) is 17.9 Å². The van der Waals surface area contributed by atoms with Crippen LogP contribution in [0.5, 0.6) is 11.5 Å². The van der Waals surface area contributed by atoms with Crippen LogP contribution in [0.4, 0.5) is 0 Å². The molecule has 1 aliphatic heterocycles. The van der Waals surface area contributed by atoms with Crippen LogP contribution < -0.4 is 4.74 Å². The lowest BCUT2D eigenvalue weighted by atomic mass is 9.96. The van der Waals surface area contributed by atoms with Crippen molar-refractivity contribution in [2.45, 2.75) is 33.4 Å². The van der Waals surface area contributed by atoms with Crippen LogP contribution in [0.15, 0.2) is 35.3 Å². The SMILES string of the molecule is CCC(=O)/C(=N/C)c1cc(C(=O)N2Cc3ccc(OCCN(C)C)cc3C2)c(O)cc1C. The molecule has 1 amide bonds. The molecule has 1 aliphatic rings. The molecule has 0 aliphatic carbocycles. The Morgan fingerprint density at radius 2 is 1.84 bits per heavy atom. The molecule has 2 aromatic carbocycles. The molecule has 0 bridgehead atoms. The van der Waals surface area contributed by atoms with E-state index >= 15 is 0 Å². The fourth-order valence-electron chi connectivity index (χ4n) is 3.80. The predicted molar refractivity (Wildman–Crippen MR) is 125 cm³/mol. The first-order valence-corrected chi connectivity index (χ1v) is 10.8. The number of nitrogens with zero attached hydrogens (tertiary/aromatic N) is 3. The van der Waals surface area contributed by atoms with Crippen LogP contribution in [0.2, 0.25) is 0 Å². The Hall–Kier alpha value is -3.19. The molecule has 0 fully saturated rings. The quantitative estimate of drug-likeness (QED) is 0.642. The summed E-state index contributed by atoms with van der Waals surface area (Å²) in [5, 5.41) is 10.5. The maximum atomic E-state index is 13.3. The van der Waals surface area contributed by atoms with Crippen molar-refractivity contribution in [1.29, 1.82) is 0 Å². The third-order valence-electron chi connectivity index (χ3n) is 5.63. The Kier molecular flexibility index (Phi) is 7.30. The molecule has 0 spiro atoms. The topological polar surface area (TPSA) is 82.4 Å². The van der Waals surface area contributed by atoms with E-state index in [0.717, 1.165) is 23.4 Å². The molecule has 170 valence electrons. The van der Waals surface area contributed by atoms with Gasteiger partial charge in [0.1, 0.15) is 23.8 Å². The number of benzene rings is 2. The third-order valence-corrected chi connectivity index (χ3v) is 5.63. The number of ether oxygens (including phenoxy) is 1. The number of rotatable bonds is 8. The first kappa shape index (κ1) is 23.5. The van der Waals surface area contributed by atoms with E-state index in [2.05, 4.69) is 9.89 Å². The van der Waals surface area contributed by atoms with Gasteiger partial charge >= 0.3 is 0 Å². The lowest BCUT2D eigenvalue weighted by molar-refractivity contribution is -0.112. The van der Waals surface area contributed by atoms with E-state index in [0.29, 0.717) is 43.0 Å². The number of fused-ring (bicyclic) bond motifs is 1. The number of aryl methyl sites for hydroxylation is 1. The van der Waals surface area contributed by atoms with Gasteiger partial charge in [-0.1, -0.05) is 13.0 Å². The maximum Gasteiger partial charge on any atom is 0.258 e. The normalized spacial score (nSPS) is 13.4. The summed E-state index contributed by atoms with van der Waals surface area (Å²) in [6.07, 6.45) is 0.316. The van der Waals surface area contributed by atoms with Crippen molar-refractivity contribution < 1.29 is 19.4 Å². The second kappa shape index (κ2) is 9.96. The maximum absolute atomic E-state index is 13.3. The number of ketones is 1. The summed E-state index contributed by atoms with van der Waals surface area (Å²) in [6, 6.07) is 8.98. The first-order chi connectivity index (χ1) is 15.2. The summed E-state index contributed by atoms with van der Waals surface area (Å²) in [7, 11) is 5.55. The number of aromatic hydroxyl groups is 1. The molecule has 1 N–H and O–H groups in total. The zero-order valence-electron chi connectivity index (χ0n) is 19.4. The van der Waals surface area contributed by atoms with Crippen molar-refractivity contribution in [2.75, 3.05) is 34.3 Å². The number of carbonyl (C=O) groups is 2. The van der Waals surface area contributed by atoms with Gasteiger partial charge in [-0.3, -0.25) is 14.6 Å². The average Bonchev–Trinajstić information content (AvgIpc) is 3.18. The molecule has 3 rings (SSSR count). The Morgan fingerprint density at radius 3 is 2.50 bits per heavy atom. The lowest BCUT2D eigenvalue weighted by Crippen LogP contribution is -2.26. The highest BCUT2D eigenvalue weighted by molar-refractivity contribution is 6.46. The molecule has 7 heteroatoms. The van der Waals surface area contributed by atoms with Crippen molar-refractivity contribution in [3.8, 4) is 11.5 Å². The minimum Gasteiger partial charge on any atom is -0.507 e. The van der Waals surface area contributed by atoms with Crippen LogP contribution in [0.1, 0.15) is 46.0 Å². The van der Waals surface area contributed by atoms with Gasteiger partial charge in [0.2, 0.25) is 0 Å². The molecule has 0 atom stereocenters. The summed E-state index contributed by atoms with van der Waals surface area (Å²) >= 11 is 0. The molecular weight excluding hydrogens is 406 g/mol. The van der Waals surface area contributed by atoms with Gasteiger partial charge in [-0.2, -0.15) is 0 Å². The van der Waals surface area contributed by atoms with Crippen LogP contribution in [0, 0.1) is 6.92 Å². The summed E-state index contributed by atoms with van der Waals surface area (Å²) in [6.45, 7) is 5.87. The van der Waals surface area contributed by atoms with Crippen molar-refractivity contribution in [2.24, 2.45) is 4.99 Å². The van der Waals surface area contributed by atoms with Gasteiger partial charge in [0.05, 0.1) is 5.56 Å². The Bertz CT molecular complexity index is 1060. The van der Waals surface area contributed by atoms with Gasteiger partial charge in [-0.25, -0.2) is 0 Å². The number of Topliss-reactive ketones (excluding diaryl/α,β-unsaturated/α-hetero) is 1. The predicted octanol–water partition coefficient (Wildman–Crippen LogP) is 3.20. The summed E-state index contributed by atoms with van der Waals surface area (Å²) in [4.78, 5) is 33.5. The number of phenolic OH excluding ortho intramolecular Hbond substituents is 1. The summed E-state index contributed by atoms with van der Waals surface area (Å²) in [5.74, 6) is 0.297. The van der Waals surface area contributed by atoms with Gasteiger partial charge in [0.15, 0.2) is 5.78 Å². The summed E-state index contributed by atoms with van der Waals surface area (Å²) < 4.78 is 5.81. The Morgan fingerprint density at radius 1 is 1.12 bits per heavy atom. The molecule has 2 aromatic rings. The second-order valence-corrected chi connectivity index (χ2v) is 8.28. The molecule has 0 aromatic heterocycles. The van der Waals surface area contributed by atoms with Crippen LogP contribution in [0.25, 0.3) is 0 Å². The van der Waals surface area contributed by atoms with Crippen LogP contribution in [-0.4, -0.2) is 66.6 Å². The van der Waals surface area contributed by atoms with E-state index < -0.39 is 0 Å². The molecule has 0 radical (unpaired) electrons. The second-order valence-electron chi connectivity index (χ2n) is 8.28. The van der Waals surface area contributed by atoms with Crippen LogP contribution in [0.3, 0.4) is 0 Å². The highest BCUT2D eigenvalue weighted by atomic mass is 16.5. The third kappa shape index (κ3) is 4.99. The number of aliphatic imine (C=N–C) groups is 1. The molecule has 7 nitrogen and oxygen atoms in total. The fraction of sp³-hybridized carbons (Fsp3) is 0.400. The Labute approximate surface area is 189 Å². The largest absolute Gasteiger partial charge is 0.507 e. The molecule has 0 unspecified atom stereocenters. The molecule has 0 saturated heterocycles. The molecule has 0 saturated carbocycles. The van der Waals surface area contributed by atoms with Gasteiger partial charge in [-0.15, -0.1) is 0 Å². The van der Waals surface area contributed by atoms with E-state index in [1.165, 1.54) is 6.07 Å². The highest BCUT2D eigenvalue weighted by Gasteiger charge is 2.28. The zero-order chi connectivity index (χ0) is 23.4. The monoisotopic (exact) mass is 437 g/mol. The van der Waals surface area contributed by atoms with Crippen molar-refractivity contribution in [3.05, 3.63) is 58.1 Å². The average molecular weight is 438 g/mol.